The van der Waals surface area contributed by atoms with Gasteiger partial charge < -0.3 is 56.8 Å². The van der Waals surface area contributed by atoms with Gasteiger partial charge in [0.1, 0.15) is 18.8 Å². The Labute approximate surface area is 362 Å². The fourth-order valence-electron chi connectivity index (χ4n) is 7.08. The van der Waals surface area contributed by atoms with Crippen LogP contribution in [0.1, 0.15) is 132 Å². The highest BCUT2D eigenvalue weighted by Gasteiger charge is 2.55. The Morgan fingerprint density at radius 1 is 0.387 bits per heavy atom. The van der Waals surface area contributed by atoms with Crippen LogP contribution in [0, 0.1) is 0 Å². The largest absolute Gasteiger partial charge is 0.469 e. The van der Waals surface area contributed by atoms with Crippen LogP contribution >= 0.6 is 0 Å². The summed E-state index contributed by atoms with van der Waals surface area (Å²) >= 11 is 0. The molecule has 0 bridgehead atoms. The summed E-state index contributed by atoms with van der Waals surface area (Å²) in [6.45, 7) is 6.77. The van der Waals surface area contributed by atoms with Gasteiger partial charge in [-0.3, -0.25) is 38.4 Å². The first-order valence-electron chi connectivity index (χ1n) is 21.2. The number of unbranched alkanes of at least 4 members (excludes halogenated alkanes) is 11. The lowest BCUT2D eigenvalue weighted by atomic mass is 9.97. The minimum absolute atomic E-state index is 0.150. The van der Waals surface area contributed by atoms with Crippen LogP contribution in [-0.4, -0.2) is 136 Å². The molecule has 354 valence electrons. The minimum atomic E-state index is -1.63. The molecule has 0 saturated carbocycles. The lowest BCUT2D eigenvalue weighted by molar-refractivity contribution is -0.334. The van der Waals surface area contributed by atoms with Gasteiger partial charge in [-0.25, -0.2) is 0 Å². The van der Waals surface area contributed by atoms with Gasteiger partial charge in [0, 0.05) is 61.5 Å². The maximum absolute atomic E-state index is 12.4. The Morgan fingerprint density at radius 2 is 0.726 bits per heavy atom. The van der Waals surface area contributed by atoms with E-state index in [2.05, 4.69) is 4.74 Å². The lowest BCUT2D eigenvalue weighted by Crippen LogP contribution is -2.65. The molecule has 20 heteroatoms. The van der Waals surface area contributed by atoms with Gasteiger partial charge in [-0.1, -0.05) is 64.2 Å². The molecule has 2 aliphatic rings. The van der Waals surface area contributed by atoms with Gasteiger partial charge in [0.05, 0.1) is 13.7 Å². The van der Waals surface area contributed by atoms with Crippen LogP contribution in [0.3, 0.4) is 0 Å². The highest BCUT2D eigenvalue weighted by Crippen LogP contribution is 2.33. The molecule has 62 heavy (non-hydrogen) atoms. The van der Waals surface area contributed by atoms with Crippen molar-refractivity contribution >= 4 is 47.8 Å². The summed E-state index contributed by atoms with van der Waals surface area (Å²) in [5.74, 6) is -5.81. The highest BCUT2D eigenvalue weighted by molar-refractivity contribution is 5.70. The molecule has 2 heterocycles. The molecule has 2 aliphatic heterocycles. The molecule has 20 nitrogen and oxygen atoms in total. The molecular formula is C42H66O20. The molecule has 0 N–H and O–H groups in total. The number of hydrogen-bond donors (Lipinski definition) is 0. The van der Waals surface area contributed by atoms with E-state index in [4.69, 9.17) is 52.1 Å². The highest BCUT2D eigenvalue weighted by atomic mass is 16.8. The van der Waals surface area contributed by atoms with Gasteiger partial charge in [-0.05, 0) is 12.8 Å². The Balaban J connectivity index is 2.21. The molecule has 0 aromatic rings. The molecule has 0 aromatic heterocycles. The summed E-state index contributed by atoms with van der Waals surface area (Å²) < 4.78 is 67.3. The van der Waals surface area contributed by atoms with Crippen LogP contribution in [-0.2, 0) is 95.2 Å². The molecule has 2 fully saturated rings. The fraction of sp³-hybridized carbons (Fsp3) is 0.810. The SMILES string of the molecule is COC(=O)CCCCCCCCCCCCCCOC1O[C@H](CO[C@H]2O[C@H](COC(C)=O)[C@H](OC(C)=O)[C@H](OC(C)=O)[C@H]2OC(C)=O)[C@@H](OC(C)=O)[C@H](OC(C)=O)[C@H]1OC(C)=O. The average molecular weight is 891 g/mol. The smallest absolute Gasteiger partial charge is 0.305 e. The maximum atomic E-state index is 12.4. The van der Waals surface area contributed by atoms with Gasteiger partial charge in [-0.15, -0.1) is 0 Å². The van der Waals surface area contributed by atoms with Gasteiger partial charge in [0.25, 0.3) is 0 Å². The van der Waals surface area contributed by atoms with Crippen molar-refractivity contribution in [2.24, 2.45) is 0 Å². The Hall–Kier alpha value is -4.40. The Morgan fingerprint density at radius 3 is 1.11 bits per heavy atom. The molecular weight excluding hydrogens is 824 g/mol. The Bertz CT molecular complexity index is 1450. The number of hydrogen-bond acceptors (Lipinski definition) is 20. The number of esters is 8. The maximum Gasteiger partial charge on any atom is 0.305 e. The quantitative estimate of drug-likeness (QED) is 0.0645. The molecule has 0 amide bonds. The van der Waals surface area contributed by atoms with Crippen LogP contribution in [0.2, 0.25) is 0 Å². The summed E-state index contributed by atoms with van der Waals surface area (Å²) in [4.78, 5) is 97.0. The summed E-state index contributed by atoms with van der Waals surface area (Å²) in [6.07, 6.45) is -2.00. The minimum Gasteiger partial charge on any atom is -0.469 e. The second-order valence-electron chi connectivity index (χ2n) is 15.1. The van der Waals surface area contributed by atoms with Crippen molar-refractivity contribution < 1.29 is 95.2 Å². The second kappa shape index (κ2) is 29.1. The third-order valence-corrected chi connectivity index (χ3v) is 9.66. The zero-order chi connectivity index (χ0) is 46.2. The van der Waals surface area contributed by atoms with Crippen LogP contribution < -0.4 is 0 Å². The fourth-order valence-corrected chi connectivity index (χ4v) is 7.08. The average Bonchev–Trinajstić information content (AvgIpc) is 3.17. The van der Waals surface area contributed by atoms with E-state index in [0.717, 1.165) is 119 Å². The Kier molecular flexibility index (Phi) is 25.2. The van der Waals surface area contributed by atoms with Crippen LogP contribution in [0.5, 0.6) is 0 Å². The molecule has 10 atom stereocenters. The van der Waals surface area contributed by atoms with Gasteiger partial charge in [0.2, 0.25) is 0 Å². The van der Waals surface area contributed by atoms with Crippen molar-refractivity contribution in [3.05, 3.63) is 0 Å². The predicted molar refractivity (Wildman–Crippen MR) is 211 cm³/mol. The summed E-state index contributed by atoms with van der Waals surface area (Å²) in [5.41, 5.74) is 0. The zero-order valence-electron chi connectivity index (χ0n) is 37.3. The number of ether oxygens (including phenoxy) is 12. The topological polar surface area (TPSA) is 247 Å². The first-order valence-corrected chi connectivity index (χ1v) is 21.2. The second-order valence-corrected chi connectivity index (χ2v) is 15.1. The monoisotopic (exact) mass is 890 g/mol. The third-order valence-electron chi connectivity index (χ3n) is 9.66. The molecule has 1 unspecified atom stereocenters. The number of methoxy groups -OCH3 is 1. The third kappa shape index (κ3) is 20.6. The molecule has 2 rings (SSSR count). The molecule has 0 aliphatic carbocycles. The number of carbonyl (C=O) groups is 8. The lowest BCUT2D eigenvalue weighted by Gasteiger charge is -2.46. The van der Waals surface area contributed by atoms with E-state index >= 15 is 0 Å². The summed E-state index contributed by atoms with van der Waals surface area (Å²) in [7, 11) is 1.40. The van der Waals surface area contributed by atoms with E-state index in [0.29, 0.717) is 12.8 Å². The molecule has 0 spiro atoms. The standard InChI is InChI=1S/C42H66O20/c1-25(43)53-23-32-35(55-26(2)44)38(58-29(5)47)40(60-31(7)49)42(62-32)54-24-33-36(56-27(3)45)37(57-28(4)46)39(59-30(6)48)41(61-33)52-22-20-18-16-14-12-10-9-11-13-15-17-19-21-34(50)51-8/h32-33,35-42H,9-24H2,1-8H3/t32-,33-,35+,36-,37+,38+,39-,40-,41?,42+/m1/s1. The van der Waals surface area contributed by atoms with Gasteiger partial charge in [-0.2, -0.15) is 0 Å². The van der Waals surface area contributed by atoms with E-state index in [9.17, 15) is 38.4 Å². The van der Waals surface area contributed by atoms with E-state index in [1.54, 1.807) is 0 Å². The van der Waals surface area contributed by atoms with E-state index < -0.39 is 116 Å². The summed E-state index contributed by atoms with van der Waals surface area (Å²) in [5, 5.41) is 0. The van der Waals surface area contributed by atoms with Crippen molar-refractivity contribution in [2.45, 2.75) is 193 Å². The van der Waals surface area contributed by atoms with Crippen LogP contribution in [0.15, 0.2) is 0 Å². The first kappa shape index (κ1) is 53.7. The van der Waals surface area contributed by atoms with Crippen LogP contribution in [0.25, 0.3) is 0 Å². The number of rotatable bonds is 27. The van der Waals surface area contributed by atoms with E-state index in [1.165, 1.54) is 7.11 Å². The first-order chi connectivity index (χ1) is 29.4. The van der Waals surface area contributed by atoms with Crippen molar-refractivity contribution in [2.75, 3.05) is 26.9 Å². The zero-order valence-corrected chi connectivity index (χ0v) is 37.3. The van der Waals surface area contributed by atoms with Crippen molar-refractivity contribution in [1.29, 1.82) is 0 Å². The number of carbonyl (C=O) groups excluding carboxylic acids is 8. The van der Waals surface area contributed by atoms with Crippen molar-refractivity contribution in [3.8, 4) is 0 Å². The van der Waals surface area contributed by atoms with Crippen molar-refractivity contribution in [3.63, 3.8) is 0 Å². The van der Waals surface area contributed by atoms with Crippen LogP contribution in [0.4, 0.5) is 0 Å². The normalized spacial score (nSPS) is 25.7. The van der Waals surface area contributed by atoms with Gasteiger partial charge >= 0.3 is 47.8 Å². The van der Waals surface area contributed by atoms with Gasteiger partial charge in [0.15, 0.2) is 49.2 Å². The molecule has 2 saturated heterocycles. The summed E-state index contributed by atoms with van der Waals surface area (Å²) in [6, 6.07) is 0. The van der Waals surface area contributed by atoms with Crippen molar-refractivity contribution in [1.82, 2.24) is 0 Å². The van der Waals surface area contributed by atoms with E-state index in [1.807, 2.05) is 0 Å². The molecule has 0 radical (unpaired) electrons. The predicted octanol–water partition coefficient (Wildman–Crippen LogP) is 3.87. The molecule has 0 aromatic carbocycles. The van der Waals surface area contributed by atoms with E-state index in [-0.39, 0.29) is 12.6 Å².